The molecule has 2 aromatic carbocycles. The summed E-state index contributed by atoms with van der Waals surface area (Å²) in [4.78, 5) is 34.4. The lowest BCUT2D eigenvalue weighted by Crippen LogP contribution is -2.70. The Balaban J connectivity index is 1.84. The lowest BCUT2D eigenvalue weighted by molar-refractivity contribution is 0.578. The van der Waals surface area contributed by atoms with Crippen LogP contribution in [0.5, 0.6) is 0 Å². The van der Waals surface area contributed by atoms with Crippen LogP contribution < -0.4 is 21.4 Å². The average molecular weight is 497 g/mol. The summed E-state index contributed by atoms with van der Waals surface area (Å²) in [6.45, 7) is 0. The van der Waals surface area contributed by atoms with E-state index in [2.05, 4.69) is 10.9 Å². The maximum Gasteiger partial charge on any atom is 0.322 e. The van der Waals surface area contributed by atoms with Crippen LogP contribution in [-0.2, 0) is 14.1 Å². The highest BCUT2D eigenvalue weighted by atomic mass is 35.5. The number of hydrogen-bond acceptors (Lipinski definition) is 4. The summed E-state index contributed by atoms with van der Waals surface area (Å²) >= 11 is 6.14. The van der Waals surface area contributed by atoms with Gasteiger partial charge in [0.2, 0.25) is 0 Å². The van der Waals surface area contributed by atoms with Gasteiger partial charge < -0.3 is 13.9 Å². The molecule has 0 bridgehead atoms. The van der Waals surface area contributed by atoms with E-state index in [0.717, 1.165) is 10.8 Å². The van der Waals surface area contributed by atoms with Gasteiger partial charge >= 0.3 is 8.32 Å². The molecule has 0 fully saturated rings. The van der Waals surface area contributed by atoms with Gasteiger partial charge in [0.25, 0.3) is 5.56 Å². The molecule has 8 heteroatoms. The molecule has 0 amide bonds. The molecule has 3 heterocycles. The first-order chi connectivity index (χ1) is 16.8. The summed E-state index contributed by atoms with van der Waals surface area (Å²) in [6.07, 6.45) is 8.94. The zero-order valence-electron chi connectivity index (χ0n) is 19.1. The molecule has 5 rings (SSSR count). The normalized spacial score (nSPS) is 12.9. The number of aryl methyl sites for hydroxylation is 2. The van der Waals surface area contributed by atoms with Crippen molar-refractivity contribution in [3.63, 3.8) is 0 Å². The summed E-state index contributed by atoms with van der Waals surface area (Å²) in [5.41, 5.74) is 3.23. The standard InChI is InChI=1S/C27H21ClN4O2Si/c1-4-18-6-5-7-19(14-18)22-15-25(33)32(3)23-12-13-24(30-27(22)23)35(34,26-16-29-17-31(26)2)21-10-8-20(28)9-11-21/h1,5-17,34H,2-3H3. The number of terminal acetylenes is 1. The van der Waals surface area contributed by atoms with Crippen LogP contribution in [0.2, 0.25) is 5.02 Å². The van der Waals surface area contributed by atoms with Crippen molar-refractivity contribution in [3.8, 4) is 23.5 Å². The summed E-state index contributed by atoms with van der Waals surface area (Å²) < 4.78 is 3.36. The minimum atomic E-state index is -3.57. The highest BCUT2D eigenvalue weighted by Crippen LogP contribution is 2.26. The Bertz CT molecular complexity index is 1680. The molecule has 0 spiro atoms. The van der Waals surface area contributed by atoms with Crippen LogP contribution in [0.1, 0.15) is 5.56 Å². The molecule has 1 unspecified atom stereocenters. The van der Waals surface area contributed by atoms with Gasteiger partial charge in [-0.05, 0) is 47.1 Å². The number of nitrogens with zero attached hydrogens (tertiary/aromatic N) is 4. The predicted octanol–water partition coefficient (Wildman–Crippen LogP) is 1.93. The van der Waals surface area contributed by atoms with E-state index in [0.29, 0.717) is 37.8 Å². The first kappa shape index (κ1) is 22.8. The number of aromatic nitrogens is 4. The number of hydrogen-bond donors (Lipinski definition) is 1. The SMILES string of the molecule is C#Cc1cccc(-c2cc(=O)n(C)c3ccc([Si](O)(c4ccc(Cl)cc4)c4cncn4C)nc23)c1. The second-order valence-corrected chi connectivity index (χ2v) is 11.8. The van der Waals surface area contributed by atoms with Crippen molar-refractivity contribution in [2.45, 2.75) is 0 Å². The van der Waals surface area contributed by atoms with Gasteiger partial charge in [0.15, 0.2) is 0 Å². The van der Waals surface area contributed by atoms with Gasteiger partial charge in [0.05, 0.1) is 28.0 Å². The van der Waals surface area contributed by atoms with E-state index in [-0.39, 0.29) is 5.56 Å². The van der Waals surface area contributed by atoms with E-state index >= 15 is 0 Å². The van der Waals surface area contributed by atoms with E-state index in [1.807, 2.05) is 54.1 Å². The second kappa shape index (κ2) is 8.67. The first-order valence-corrected chi connectivity index (χ1v) is 13.2. The van der Waals surface area contributed by atoms with Crippen LogP contribution in [0.15, 0.2) is 84.0 Å². The van der Waals surface area contributed by atoms with Gasteiger partial charge in [-0.1, -0.05) is 41.8 Å². The molecule has 1 N–H and O–H groups in total. The largest absolute Gasteiger partial charge is 0.419 e. The fraction of sp³-hybridized carbons (Fsp3) is 0.0741. The van der Waals surface area contributed by atoms with E-state index in [1.165, 1.54) is 0 Å². The van der Waals surface area contributed by atoms with Crippen molar-refractivity contribution >= 4 is 46.8 Å². The first-order valence-electron chi connectivity index (χ1n) is 10.9. The number of pyridine rings is 2. The third-order valence-corrected chi connectivity index (χ3v) is 9.91. The number of imidazole rings is 1. The number of halogens is 1. The fourth-order valence-electron chi connectivity index (χ4n) is 4.35. The lowest BCUT2D eigenvalue weighted by atomic mass is 10.0. The third-order valence-electron chi connectivity index (χ3n) is 6.25. The molecule has 0 aliphatic heterocycles. The molecule has 6 nitrogen and oxygen atoms in total. The van der Waals surface area contributed by atoms with Crippen molar-refractivity contribution in [1.82, 2.24) is 19.1 Å². The van der Waals surface area contributed by atoms with E-state index in [4.69, 9.17) is 23.0 Å². The highest BCUT2D eigenvalue weighted by Gasteiger charge is 2.42. The monoisotopic (exact) mass is 496 g/mol. The molecule has 0 radical (unpaired) electrons. The van der Waals surface area contributed by atoms with Crippen LogP contribution in [0, 0.1) is 12.3 Å². The smallest absolute Gasteiger partial charge is 0.322 e. The van der Waals surface area contributed by atoms with Gasteiger partial charge in [0.1, 0.15) is 0 Å². The van der Waals surface area contributed by atoms with Crippen LogP contribution in [0.4, 0.5) is 0 Å². The molecule has 35 heavy (non-hydrogen) atoms. The second-order valence-electron chi connectivity index (χ2n) is 8.35. The average Bonchev–Trinajstić information content (AvgIpc) is 3.32. The van der Waals surface area contributed by atoms with Crippen molar-refractivity contribution in [2.24, 2.45) is 14.1 Å². The lowest BCUT2D eigenvalue weighted by Gasteiger charge is -2.26. The number of fused-ring (bicyclic) bond motifs is 1. The molecule has 0 saturated carbocycles. The quantitative estimate of drug-likeness (QED) is 0.305. The number of benzene rings is 2. The maximum atomic E-state index is 12.8. The minimum Gasteiger partial charge on any atom is -0.419 e. The summed E-state index contributed by atoms with van der Waals surface area (Å²) in [6, 6.07) is 19.8. The van der Waals surface area contributed by atoms with Crippen molar-refractivity contribution in [2.75, 3.05) is 0 Å². The Morgan fingerprint density at radius 1 is 1.06 bits per heavy atom. The van der Waals surface area contributed by atoms with Crippen LogP contribution in [-0.4, -0.2) is 32.2 Å². The van der Waals surface area contributed by atoms with Gasteiger partial charge in [0, 0.05) is 42.5 Å². The van der Waals surface area contributed by atoms with Crippen molar-refractivity contribution in [1.29, 1.82) is 0 Å². The minimum absolute atomic E-state index is 0.162. The zero-order chi connectivity index (χ0) is 24.7. The summed E-state index contributed by atoms with van der Waals surface area (Å²) in [5, 5.41) is 2.49. The molecule has 1 atom stereocenters. The third kappa shape index (κ3) is 3.78. The summed E-state index contributed by atoms with van der Waals surface area (Å²) in [5.74, 6) is 2.64. The van der Waals surface area contributed by atoms with Crippen molar-refractivity contribution in [3.05, 3.63) is 100 Å². The van der Waals surface area contributed by atoms with Crippen LogP contribution in [0.3, 0.4) is 0 Å². The van der Waals surface area contributed by atoms with Crippen molar-refractivity contribution < 1.29 is 4.80 Å². The number of rotatable bonds is 4. The zero-order valence-corrected chi connectivity index (χ0v) is 20.9. The van der Waals surface area contributed by atoms with Gasteiger partial charge in [-0.3, -0.25) is 9.78 Å². The Morgan fingerprint density at radius 3 is 2.51 bits per heavy atom. The van der Waals surface area contributed by atoms with E-state index in [1.54, 1.807) is 48.4 Å². The fourth-order valence-corrected chi connectivity index (χ4v) is 7.41. The van der Waals surface area contributed by atoms with Crippen LogP contribution >= 0.6 is 11.6 Å². The van der Waals surface area contributed by atoms with Gasteiger partial charge in [-0.2, -0.15) is 0 Å². The Kier molecular flexibility index (Phi) is 5.65. The van der Waals surface area contributed by atoms with Crippen LogP contribution in [0.25, 0.3) is 22.2 Å². The van der Waals surface area contributed by atoms with Gasteiger partial charge in [-0.25, -0.2) is 4.98 Å². The molecule has 3 aromatic heterocycles. The molecule has 172 valence electrons. The van der Waals surface area contributed by atoms with E-state index < -0.39 is 8.32 Å². The highest BCUT2D eigenvalue weighted by molar-refractivity contribution is 7.05. The summed E-state index contributed by atoms with van der Waals surface area (Å²) in [7, 11) is -0.0210. The van der Waals surface area contributed by atoms with Gasteiger partial charge in [-0.15, -0.1) is 6.42 Å². The topological polar surface area (TPSA) is 72.9 Å². The Hall–Kier alpha value is -3.96. The molecule has 0 aliphatic carbocycles. The van der Waals surface area contributed by atoms with E-state index in [9.17, 15) is 9.59 Å². The molecular formula is C27H21ClN4O2Si. The molecule has 0 saturated heterocycles. The Morgan fingerprint density at radius 2 is 1.83 bits per heavy atom. The molecule has 5 aromatic rings. The Labute approximate surface area is 208 Å². The maximum absolute atomic E-state index is 12.8. The molecule has 0 aliphatic rings. The predicted molar refractivity (Wildman–Crippen MR) is 142 cm³/mol. The molecular weight excluding hydrogens is 476 g/mol.